The molecule has 1 aliphatic heterocycles. The Hall–Kier alpha value is -0.550. The monoisotopic (exact) mass is 195 g/mol. The lowest BCUT2D eigenvalue weighted by Gasteiger charge is -2.35. The van der Waals surface area contributed by atoms with Crippen molar-refractivity contribution in [1.82, 2.24) is 5.32 Å². The van der Waals surface area contributed by atoms with Crippen LogP contribution in [0.15, 0.2) is 12.2 Å². The molecule has 2 N–H and O–H groups in total. The Morgan fingerprint density at radius 2 is 2.08 bits per heavy atom. The lowest BCUT2D eigenvalue weighted by atomic mass is 9.87. The molecule has 2 nitrogen and oxygen atoms in total. The van der Waals surface area contributed by atoms with Crippen molar-refractivity contribution in [1.29, 1.82) is 0 Å². The standard InChI is InChI=1S/C8H12F3NO/c1-6(8(9,10)11)7(13)3-2-4-12-5-7/h12-13H,1-5H2. The molecule has 1 saturated heterocycles. The third-order valence-corrected chi connectivity index (χ3v) is 2.27. The van der Waals surface area contributed by atoms with Crippen molar-refractivity contribution < 1.29 is 18.3 Å². The number of rotatable bonds is 1. The van der Waals surface area contributed by atoms with Crippen LogP contribution in [-0.4, -0.2) is 30.0 Å². The molecule has 76 valence electrons. The predicted molar refractivity (Wildman–Crippen MR) is 42.2 cm³/mol. The Bertz CT molecular complexity index is 206. The number of hydrogen-bond acceptors (Lipinski definition) is 2. The second-order valence-corrected chi connectivity index (χ2v) is 3.29. The number of piperidine rings is 1. The summed E-state index contributed by atoms with van der Waals surface area (Å²) >= 11 is 0. The first-order valence-corrected chi connectivity index (χ1v) is 4.06. The van der Waals surface area contributed by atoms with E-state index < -0.39 is 17.4 Å². The maximum atomic E-state index is 12.2. The summed E-state index contributed by atoms with van der Waals surface area (Å²) in [7, 11) is 0. The zero-order chi connectivity index (χ0) is 10.1. The van der Waals surface area contributed by atoms with Crippen molar-refractivity contribution in [2.75, 3.05) is 13.1 Å². The Kier molecular flexibility index (Phi) is 2.68. The lowest BCUT2D eigenvalue weighted by Crippen LogP contribution is -2.49. The molecule has 1 unspecified atom stereocenters. The molecule has 0 amide bonds. The lowest BCUT2D eigenvalue weighted by molar-refractivity contribution is -0.123. The fourth-order valence-corrected chi connectivity index (χ4v) is 1.41. The number of alkyl halides is 3. The summed E-state index contributed by atoms with van der Waals surface area (Å²) in [6.07, 6.45) is -3.85. The van der Waals surface area contributed by atoms with Crippen LogP contribution in [0.5, 0.6) is 0 Å². The van der Waals surface area contributed by atoms with Gasteiger partial charge in [-0.15, -0.1) is 0 Å². The van der Waals surface area contributed by atoms with Gasteiger partial charge >= 0.3 is 6.18 Å². The van der Waals surface area contributed by atoms with Gasteiger partial charge in [-0.3, -0.25) is 0 Å². The van der Waals surface area contributed by atoms with Gasteiger partial charge in [0.15, 0.2) is 0 Å². The van der Waals surface area contributed by atoms with E-state index in [-0.39, 0.29) is 13.0 Å². The van der Waals surface area contributed by atoms with Crippen LogP contribution in [-0.2, 0) is 0 Å². The maximum absolute atomic E-state index is 12.2. The molecule has 1 atom stereocenters. The molecule has 0 radical (unpaired) electrons. The van der Waals surface area contributed by atoms with Gasteiger partial charge in [0.1, 0.15) is 5.60 Å². The Morgan fingerprint density at radius 1 is 1.46 bits per heavy atom. The number of halogens is 3. The highest BCUT2D eigenvalue weighted by atomic mass is 19.4. The molecular formula is C8H12F3NO. The second-order valence-electron chi connectivity index (χ2n) is 3.29. The predicted octanol–water partition coefficient (Wildman–Crippen LogP) is 1.22. The fourth-order valence-electron chi connectivity index (χ4n) is 1.41. The second kappa shape index (κ2) is 3.31. The van der Waals surface area contributed by atoms with Crippen molar-refractivity contribution in [3.63, 3.8) is 0 Å². The summed E-state index contributed by atoms with van der Waals surface area (Å²) in [5, 5.41) is 12.3. The van der Waals surface area contributed by atoms with E-state index in [0.29, 0.717) is 13.0 Å². The van der Waals surface area contributed by atoms with Crippen LogP contribution in [0.3, 0.4) is 0 Å². The van der Waals surface area contributed by atoms with Crippen molar-refractivity contribution in [3.8, 4) is 0 Å². The highest BCUT2D eigenvalue weighted by Crippen LogP contribution is 2.35. The number of nitrogens with one attached hydrogen (secondary N) is 1. The first-order valence-electron chi connectivity index (χ1n) is 4.06. The van der Waals surface area contributed by atoms with E-state index in [4.69, 9.17) is 0 Å². The molecule has 1 aliphatic rings. The molecule has 0 spiro atoms. The van der Waals surface area contributed by atoms with Gasteiger partial charge in [0.25, 0.3) is 0 Å². The molecule has 0 bridgehead atoms. The highest BCUT2D eigenvalue weighted by molar-refractivity contribution is 5.19. The van der Waals surface area contributed by atoms with E-state index in [1.54, 1.807) is 0 Å². The largest absolute Gasteiger partial charge is 0.414 e. The van der Waals surface area contributed by atoms with Gasteiger partial charge in [-0.1, -0.05) is 6.58 Å². The van der Waals surface area contributed by atoms with Crippen molar-refractivity contribution in [2.45, 2.75) is 24.6 Å². The molecule has 13 heavy (non-hydrogen) atoms. The van der Waals surface area contributed by atoms with Gasteiger partial charge in [-0.25, -0.2) is 0 Å². The molecule has 5 heteroatoms. The van der Waals surface area contributed by atoms with E-state index in [9.17, 15) is 18.3 Å². The number of aliphatic hydroxyl groups is 1. The summed E-state index contributed by atoms with van der Waals surface area (Å²) in [5.74, 6) is 0. The van der Waals surface area contributed by atoms with Gasteiger partial charge in [-0.2, -0.15) is 13.2 Å². The SMILES string of the molecule is C=C(C(F)(F)F)C1(O)CCCNC1. The van der Waals surface area contributed by atoms with Crippen LogP contribution in [0.2, 0.25) is 0 Å². The zero-order valence-electron chi connectivity index (χ0n) is 7.12. The van der Waals surface area contributed by atoms with Gasteiger partial charge in [0.05, 0.1) is 5.57 Å². The van der Waals surface area contributed by atoms with E-state index in [0.717, 1.165) is 0 Å². The van der Waals surface area contributed by atoms with E-state index >= 15 is 0 Å². The molecule has 1 heterocycles. The smallest absolute Gasteiger partial charge is 0.384 e. The summed E-state index contributed by atoms with van der Waals surface area (Å²) in [5.41, 5.74) is -2.86. The van der Waals surface area contributed by atoms with E-state index in [1.165, 1.54) is 0 Å². The van der Waals surface area contributed by atoms with Gasteiger partial charge in [0.2, 0.25) is 0 Å². The third kappa shape index (κ3) is 2.22. The normalized spacial score (nSPS) is 30.2. The molecule has 0 aromatic heterocycles. The summed E-state index contributed by atoms with van der Waals surface area (Å²) in [6, 6.07) is 0. The van der Waals surface area contributed by atoms with Gasteiger partial charge < -0.3 is 10.4 Å². The quantitative estimate of drug-likeness (QED) is 0.616. The van der Waals surface area contributed by atoms with Crippen molar-refractivity contribution in [2.24, 2.45) is 0 Å². The molecule has 0 aromatic carbocycles. The summed E-state index contributed by atoms with van der Waals surface area (Å²) < 4.78 is 36.6. The Balaban J connectivity index is 2.73. The number of hydrogen-bond donors (Lipinski definition) is 2. The highest BCUT2D eigenvalue weighted by Gasteiger charge is 2.46. The molecule has 0 saturated carbocycles. The van der Waals surface area contributed by atoms with E-state index in [2.05, 4.69) is 11.9 Å². The minimum absolute atomic E-state index is 0.0641. The third-order valence-electron chi connectivity index (χ3n) is 2.27. The van der Waals surface area contributed by atoms with Crippen LogP contribution < -0.4 is 5.32 Å². The molecule has 0 aliphatic carbocycles. The topological polar surface area (TPSA) is 32.3 Å². The van der Waals surface area contributed by atoms with Crippen molar-refractivity contribution in [3.05, 3.63) is 12.2 Å². The van der Waals surface area contributed by atoms with Crippen LogP contribution in [0.4, 0.5) is 13.2 Å². The van der Waals surface area contributed by atoms with Crippen LogP contribution >= 0.6 is 0 Å². The van der Waals surface area contributed by atoms with Crippen LogP contribution in [0.25, 0.3) is 0 Å². The Morgan fingerprint density at radius 3 is 2.46 bits per heavy atom. The minimum Gasteiger partial charge on any atom is -0.384 e. The first kappa shape index (κ1) is 10.5. The van der Waals surface area contributed by atoms with Crippen LogP contribution in [0.1, 0.15) is 12.8 Å². The van der Waals surface area contributed by atoms with Gasteiger partial charge in [-0.05, 0) is 19.4 Å². The number of β-amino-alcohol motifs (C(OH)–C–C–N with tert-alkyl or cyclic N) is 1. The minimum atomic E-state index is -4.51. The summed E-state index contributed by atoms with van der Waals surface area (Å²) in [6.45, 7) is 3.49. The Labute approximate surface area is 74.4 Å². The first-order chi connectivity index (χ1) is 5.86. The molecular weight excluding hydrogens is 183 g/mol. The molecule has 1 fully saturated rings. The average Bonchev–Trinajstić information content (AvgIpc) is 2.03. The fraction of sp³-hybridized carbons (Fsp3) is 0.750. The van der Waals surface area contributed by atoms with Crippen LogP contribution in [0, 0.1) is 0 Å². The average molecular weight is 195 g/mol. The molecule has 0 aromatic rings. The molecule has 1 rings (SSSR count). The maximum Gasteiger partial charge on any atom is 0.414 e. The van der Waals surface area contributed by atoms with Crippen molar-refractivity contribution >= 4 is 0 Å². The van der Waals surface area contributed by atoms with Gasteiger partial charge in [0, 0.05) is 6.54 Å². The van der Waals surface area contributed by atoms with E-state index in [1.807, 2.05) is 0 Å². The summed E-state index contributed by atoms with van der Waals surface area (Å²) in [4.78, 5) is 0. The zero-order valence-corrected chi connectivity index (χ0v) is 7.12.